The van der Waals surface area contributed by atoms with Gasteiger partial charge in [0.15, 0.2) is 0 Å². The number of carbonyl (C=O) groups is 1. The Morgan fingerprint density at radius 2 is 2.18 bits per heavy atom. The van der Waals surface area contributed by atoms with E-state index < -0.39 is 17.4 Å². The third kappa shape index (κ3) is 1.41. The second-order valence-corrected chi connectivity index (χ2v) is 3.05. The number of ether oxygens (including phenoxy) is 1. The van der Waals surface area contributed by atoms with Crippen molar-refractivity contribution in [2.24, 2.45) is 11.1 Å². The molecule has 1 aliphatic rings. The molecule has 0 aliphatic heterocycles. The van der Waals surface area contributed by atoms with Crippen LogP contribution < -0.4 is 5.73 Å². The molecule has 0 aromatic rings. The van der Waals surface area contributed by atoms with E-state index >= 15 is 0 Å². The minimum absolute atomic E-state index is 0.229. The molecule has 64 valence electrons. The maximum absolute atomic E-state index is 12.4. The first-order valence-corrected chi connectivity index (χ1v) is 3.17. The molecule has 11 heavy (non-hydrogen) atoms. The standard InChI is InChI=1S/C6H9F2NO2/c1-5(2-6(5,7)8)3-11-4(9)10/h2-3H2,1H3,(H2,9,10). The van der Waals surface area contributed by atoms with Crippen LogP contribution in [0.1, 0.15) is 13.3 Å². The Labute approximate surface area is 62.5 Å². The van der Waals surface area contributed by atoms with Crippen LogP contribution in [0.15, 0.2) is 0 Å². The summed E-state index contributed by atoms with van der Waals surface area (Å²) in [6.45, 7) is 1.06. The fourth-order valence-electron chi connectivity index (χ4n) is 0.833. The predicted octanol–water partition coefficient (Wildman–Crippen LogP) is 1.13. The number of carbonyl (C=O) groups excluding carboxylic acids is 1. The average Bonchev–Trinajstić information content (AvgIpc) is 2.29. The van der Waals surface area contributed by atoms with Crippen LogP contribution >= 0.6 is 0 Å². The van der Waals surface area contributed by atoms with Crippen LogP contribution in [0.25, 0.3) is 0 Å². The van der Waals surface area contributed by atoms with Crippen LogP contribution in [-0.2, 0) is 4.74 Å². The van der Waals surface area contributed by atoms with Gasteiger partial charge >= 0.3 is 6.09 Å². The van der Waals surface area contributed by atoms with E-state index in [0.717, 1.165) is 0 Å². The Hall–Kier alpha value is -0.870. The summed E-state index contributed by atoms with van der Waals surface area (Å²) in [6.07, 6.45) is -1.23. The lowest BCUT2D eigenvalue weighted by atomic mass is 10.1. The third-order valence-corrected chi connectivity index (χ3v) is 1.90. The zero-order valence-corrected chi connectivity index (χ0v) is 6.06. The summed E-state index contributed by atoms with van der Waals surface area (Å²) < 4.78 is 29.1. The van der Waals surface area contributed by atoms with Crippen molar-refractivity contribution >= 4 is 6.09 Å². The fourth-order valence-corrected chi connectivity index (χ4v) is 0.833. The van der Waals surface area contributed by atoms with Crippen LogP contribution in [0.4, 0.5) is 13.6 Å². The SMILES string of the molecule is CC1(COC(N)=O)CC1(F)F. The predicted molar refractivity (Wildman–Crippen MR) is 33.2 cm³/mol. The van der Waals surface area contributed by atoms with Gasteiger partial charge in [0, 0.05) is 6.42 Å². The van der Waals surface area contributed by atoms with Crippen molar-refractivity contribution in [1.29, 1.82) is 0 Å². The summed E-state index contributed by atoms with van der Waals surface area (Å²) >= 11 is 0. The molecule has 0 radical (unpaired) electrons. The molecular weight excluding hydrogens is 156 g/mol. The average molecular weight is 165 g/mol. The summed E-state index contributed by atoms with van der Waals surface area (Å²) in [5.41, 5.74) is 3.43. The zero-order valence-electron chi connectivity index (χ0n) is 6.06. The van der Waals surface area contributed by atoms with Crippen molar-refractivity contribution in [3.63, 3.8) is 0 Å². The number of primary amides is 1. The Bertz CT molecular complexity index is 195. The molecule has 1 rings (SSSR count). The minimum atomic E-state index is -2.69. The fraction of sp³-hybridized carbons (Fsp3) is 0.833. The van der Waals surface area contributed by atoms with Gasteiger partial charge in [-0.1, -0.05) is 6.92 Å². The lowest BCUT2D eigenvalue weighted by Crippen LogP contribution is -2.21. The molecule has 2 N–H and O–H groups in total. The van der Waals surface area contributed by atoms with E-state index in [0.29, 0.717) is 0 Å². The van der Waals surface area contributed by atoms with E-state index in [1.807, 2.05) is 0 Å². The molecular formula is C6H9F2NO2. The Balaban J connectivity index is 2.35. The summed E-state index contributed by atoms with van der Waals surface area (Å²) in [7, 11) is 0. The zero-order chi connectivity index (χ0) is 8.70. The lowest BCUT2D eigenvalue weighted by molar-refractivity contribution is 0.0384. The Morgan fingerprint density at radius 3 is 2.45 bits per heavy atom. The van der Waals surface area contributed by atoms with Gasteiger partial charge < -0.3 is 10.5 Å². The smallest absolute Gasteiger partial charge is 0.404 e. The molecule has 1 unspecified atom stereocenters. The van der Waals surface area contributed by atoms with Crippen LogP contribution in [0.3, 0.4) is 0 Å². The van der Waals surface area contributed by atoms with Gasteiger partial charge in [-0.2, -0.15) is 0 Å². The van der Waals surface area contributed by atoms with Gasteiger partial charge in [0.2, 0.25) is 0 Å². The molecule has 0 aromatic heterocycles. The molecule has 0 bridgehead atoms. The Kier molecular flexibility index (Phi) is 1.54. The molecule has 0 saturated heterocycles. The molecule has 1 fully saturated rings. The first kappa shape index (κ1) is 8.23. The molecule has 0 heterocycles. The lowest BCUT2D eigenvalue weighted by Gasteiger charge is -2.08. The van der Waals surface area contributed by atoms with Crippen LogP contribution in [-0.4, -0.2) is 18.6 Å². The van der Waals surface area contributed by atoms with Gasteiger partial charge in [-0.25, -0.2) is 13.6 Å². The highest BCUT2D eigenvalue weighted by Gasteiger charge is 2.68. The number of rotatable bonds is 2. The molecule has 5 heteroatoms. The molecule has 1 atom stereocenters. The highest BCUT2D eigenvalue weighted by atomic mass is 19.3. The first-order chi connectivity index (χ1) is 4.87. The van der Waals surface area contributed by atoms with Gasteiger partial charge in [0.1, 0.15) is 6.61 Å². The number of hydrogen-bond acceptors (Lipinski definition) is 2. The van der Waals surface area contributed by atoms with Crippen LogP contribution in [0.5, 0.6) is 0 Å². The Morgan fingerprint density at radius 1 is 1.73 bits per heavy atom. The number of halogens is 2. The quantitative estimate of drug-likeness (QED) is 0.666. The topological polar surface area (TPSA) is 52.3 Å². The summed E-state index contributed by atoms with van der Waals surface area (Å²) in [4.78, 5) is 10.0. The van der Waals surface area contributed by atoms with Crippen molar-refractivity contribution < 1.29 is 18.3 Å². The van der Waals surface area contributed by atoms with E-state index in [1.165, 1.54) is 6.92 Å². The van der Waals surface area contributed by atoms with Crippen molar-refractivity contribution in [3.05, 3.63) is 0 Å². The van der Waals surface area contributed by atoms with E-state index in [4.69, 9.17) is 0 Å². The van der Waals surface area contributed by atoms with Crippen molar-refractivity contribution in [1.82, 2.24) is 0 Å². The van der Waals surface area contributed by atoms with Crippen molar-refractivity contribution in [2.75, 3.05) is 6.61 Å². The largest absolute Gasteiger partial charge is 0.449 e. The molecule has 0 aromatic carbocycles. The molecule has 3 nitrogen and oxygen atoms in total. The molecule has 1 aliphatic carbocycles. The normalized spacial score (nSPS) is 33.0. The highest BCUT2D eigenvalue weighted by Crippen LogP contribution is 2.60. The molecule has 1 amide bonds. The first-order valence-electron chi connectivity index (χ1n) is 3.17. The van der Waals surface area contributed by atoms with Crippen molar-refractivity contribution in [2.45, 2.75) is 19.3 Å². The van der Waals surface area contributed by atoms with Gasteiger partial charge in [-0.05, 0) is 0 Å². The van der Waals surface area contributed by atoms with Gasteiger partial charge in [-0.15, -0.1) is 0 Å². The van der Waals surface area contributed by atoms with Gasteiger partial charge in [0.05, 0.1) is 5.41 Å². The maximum atomic E-state index is 12.4. The highest BCUT2D eigenvalue weighted by molar-refractivity contribution is 5.64. The number of alkyl halides is 2. The number of hydrogen-bond donors (Lipinski definition) is 1. The molecule has 1 saturated carbocycles. The van der Waals surface area contributed by atoms with E-state index in [1.54, 1.807) is 0 Å². The minimum Gasteiger partial charge on any atom is -0.449 e. The van der Waals surface area contributed by atoms with E-state index in [9.17, 15) is 13.6 Å². The summed E-state index contributed by atoms with van der Waals surface area (Å²) in [6, 6.07) is 0. The molecule has 0 spiro atoms. The van der Waals surface area contributed by atoms with Crippen LogP contribution in [0.2, 0.25) is 0 Å². The van der Waals surface area contributed by atoms with E-state index in [2.05, 4.69) is 10.5 Å². The maximum Gasteiger partial charge on any atom is 0.404 e. The number of nitrogens with two attached hydrogens (primary N) is 1. The number of amides is 1. The van der Waals surface area contributed by atoms with E-state index in [-0.39, 0.29) is 13.0 Å². The second kappa shape index (κ2) is 2.06. The van der Waals surface area contributed by atoms with Crippen LogP contribution in [0, 0.1) is 5.41 Å². The monoisotopic (exact) mass is 165 g/mol. The second-order valence-electron chi connectivity index (χ2n) is 3.05. The summed E-state index contributed by atoms with van der Waals surface area (Å²) in [5, 5.41) is 0. The summed E-state index contributed by atoms with van der Waals surface area (Å²) in [5.74, 6) is -2.69. The van der Waals surface area contributed by atoms with Gasteiger partial charge in [-0.3, -0.25) is 0 Å². The van der Waals surface area contributed by atoms with Crippen molar-refractivity contribution in [3.8, 4) is 0 Å². The third-order valence-electron chi connectivity index (χ3n) is 1.90. The van der Waals surface area contributed by atoms with Gasteiger partial charge in [0.25, 0.3) is 5.92 Å².